The van der Waals surface area contributed by atoms with Crippen molar-refractivity contribution in [1.29, 1.82) is 0 Å². The largest absolute Gasteiger partial charge is 0.399 e. The van der Waals surface area contributed by atoms with E-state index in [0.29, 0.717) is 50.1 Å². The summed E-state index contributed by atoms with van der Waals surface area (Å²) in [5.74, 6) is 0.464. The molecule has 0 radical (unpaired) electrons. The van der Waals surface area contributed by atoms with E-state index in [4.69, 9.17) is 14.3 Å². The van der Waals surface area contributed by atoms with Crippen LogP contribution >= 0.6 is 0 Å². The number of ether oxygens (including phenoxy) is 2. The second-order valence-electron chi connectivity index (χ2n) is 10.2. The molecule has 5 rings (SSSR count). The minimum absolute atomic E-state index is 0.0362. The number of nitrogens with zero attached hydrogens (tertiary/aromatic N) is 1. The molecular weight excluding hydrogens is 361 g/mol. The lowest BCUT2D eigenvalue weighted by Crippen LogP contribution is -2.59. The van der Waals surface area contributed by atoms with Gasteiger partial charge in [0.05, 0.1) is 18.9 Å². The Hall–Kier alpha value is -1.01. The molecule has 6 heteroatoms. The van der Waals surface area contributed by atoms with E-state index < -0.39 is 12.0 Å². The van der Waals surface area contributed by atoms with Crippen LogP contribution in [0.4, 0.5) is 4.39 Å². The molecule has 7 unspecified atom stereocenters. The van der Waals surface area contributed by atoms with Gasteiger partial charge in [0.2, 0.25) is 5.79 Å². The third-order valence-corrected chi connectivity index (χ3v) is 9.29. The number of halogens is 1. The van der Waals surface area contributed by atoms with Gasteiger partial charge in [0, 0.05) is 24.2 Å². The first-order valence-corrected chi connectivity index (χ1v) is 10.9. The standard InChI is InChI=1S/C22H32FNO4/c1-20-6-4-13(25)10-17(20)18(24-26-3)11-14-15(20)5-7-21(2)16(14)12-19(23)22(21)27-8-9-28-22/h14-17,19H,4-12H2,1-3H3. The molecule has 1 heterocycles. The van der Waals surface area contributed by atoms with Crippen LogP contribution in [-0.4, -0.2) is 43.8 Å². The summed E-state index contributed by atoms with van der Waals surface area (Å²) in [7, 11) is 1.58. The number of carbonyl (C=O) groups is 1. The molecule has 0 amide bonds. The second-order valence-corrected chi connectivity index (χ2v) is 10.2. The van der Waals surface area contributed by atoms with Crippen LogP contribution in [0.15, 0.2) is 5.16 Å². The molecule has 156 valence electrons. The Bertz CT molecular complexity index is 705. The zero-order chi connectivity index (χ0) is 19.7. The topological polar surface area (TPSA) is 57.1 Å². The first-order chi connectivity index (χ1) is 13.4. The molecule has 5 fully saturated rings. The third kappa shape index (κ3) is 2.25. The van der Waals surface area contributed by atoms with Gasteiger partial charge in [-0.25, -0.2) is 4.39 Å². The van der Waals surface area contributed by atoms with E-state index in [-0.39, 0.29) is 22.7 Å². The van der Waals surface area contributed by atoms with Gasteiger partial charge in [0.1, 0.15) is 12.9 Å². The smallest absolute Gasteiger partial charge is 0.205 e. The number of hydrogen-bond acceptors (Lipinski definition) is 5. The Labute approximate surface area is 166 Å². The fraction of sp³-hybridized carbons (Fsp3) is 0.909. The fourth-order valence-electron chi connectivity index (χ4n) is 7.94. The molecule has 1 aliphatic heterocycles. The number of rotatable bonds is 1. The Morgan fingerprint density at radius 2 is 1.89 bits per heavy atom. The van der Waals surface area contributed by atoms with Crippen molar-refractivity contribution in [1.82, 2.24) is 0 Å². The summed E-state index contributed by atoms with van der Waals surface area (Å²) >= 11 is 0. The lowest BCUT2D eigenvalue weighted by atomic mass is 9.44. The molecule has 7 atom stereocenters. The molecule has 0 aromatic heterocycles. The monoisotopic (exact) mass is 393 g/mol. The van der Waals surface area contributed by atoms with Crippen LogP contribution < -0.4 is 0 Å². The first kappa shape index (κ1) is 19.0. The van der Waals surface area contributed by atoms with Crippen LogP contribution in [-0.2, 0) is 19.1 Å². The highest BCUT2D eigenvalue weighted by molar-refractivity contribution is 5.94. The predicted octanol–water partition coefficient (Wildman–Crippen LogP) is 3.90. The number of Topliss-reactive ketones (excluding diaryl/α,β-unsaturated/α-hetero) is 1. The van der Waals surface area contributed by atoms with Gasteiger partial charge in [-0.3, -0.25) is 4.79 Å². The Balaban J connectivity index is 1.54. The van der Waals surface area contributed by atoms with Crippen LogP contribution in [0.25, 0.3) is 0 Å². The average molecular weight is 393 g/mol. The van der Waals surface area contributed by atoms with Crippen molar-refractivity contribution in [3.8, 4) is 0 Å². The molecule has 0 aromatic rings. The zero-order valence-electron chi connectivity index (χ0n) is 17.2. The quantitative estimate of drug-likeness (QED) is 0.634. The van der Waals surface area contributed by atoms with Gasteiger partial charge < -0.3 is 14.3 Å². The Morgan fingerprint density at radius 1 is 1.14 bits per heavy atom. The van der Waals surface area contributed by atoms with Crippen molar-refractivity contribution in [3.05, 3.63) is 0 Å². The number of alkyl halides is 1. The van der Waals surface area contributed by atoms with Crippen LogP contribution in [0.1, 0.15) is 58.8 Å². The predicted molar refractivity (Wildman–Crippen MR) is 101 cm³/mol. The highest BCUT2D eigenvalue weighted by Gasteiger charge is 2.72. The molecule has 28 heavy (non-hydrogen) atoms. The summed E-state index contributed by atoms with van der Waals surface area (Å²) in [6, 6.07) is 0. The van der Waals surface area contributed by atoms with E-state index in [0.717, 1.165) is 31.4 Å². The molecule has 4 saturated carbocycles. The number of carbonyl (C=O) groups excluding carboxylic acids is 1. The summed E-state index contributed by atoms with van der Waals surface area (Å²) in [6.07, 6.45) is 4.32. The van der Waals surface area contributed by atoms with Crippen LogP contribution in [0.2, 0.25) is 0 Å². The van der Waals surface area contributed by atoms with Crippen molar-refractivity contribution in [2.75, 3.05) is 20.3 Å². The van der Waals surface area contributed by atoms with E-state index >= 15 is 4.39 Å². The van der Waals surface area contributed by atoms with Gasteiger partial charge in [0.25, 0.3) is 0 Å². The molecule has 1 spiro atoms. The number of ketones is 1. The van der Waals surface area contributed by atoms with Crippen molar-refractivity contribution in [2.45, 2.75) is 70.8 Å². The van der Waals surface area contributed by atoms with Gasteiger partial charge in [-0.2, -0.15) is 0 Å². The van der Waals surface area contributed by atoms with Gasteiger partial charge in [-0.15, -0.1) is 0 Å². The lowest BCUT2D eigenvalue weighted by Gasteiger charge is -2.60. The molecule has 0 N–H and O–H groups in total. The van der Waals surface area contributed by atoms with Crippen molar-refractivity contribution in [3.63, 3.8) is 0 Å². The van der Waals surface area contributed by atoms with E-state index in [9.17, 15) is 4.79 Å². The summed E-state index contributed by atoms with van der Waals surface area (Å²) in [5, 5.41) is 4.39. The molecule has 0 aromatic carbocycles. The summed E-state index contributed by atoms with van der Waals surface area (Å²) in [4.78, 5) is 17.4. The first-order valence-electron chi connectivity index (χ1n) is 10.9. The maximum Gasteiger partial charge on any atom is 0.205 e. The highest BCUT2D eigenvalue weighted by Crippen LogP contribution is 2.69. The van der Waals surface area contributed by atoms with Gasteiger partial charge in [-0.05, 0) is 55.3 Å². The van der Waals surface area contributed by atoms with E-state index in [1.807, 2.05) is 0 Å². The lowest BCUT2D eigenvalue weighted by molar-refractivity contribution is -0.263. The molecule has 1 saturated heterocycles. The van der Waals surface area contributed by atoms with Crippen LogP contribution in [0, 0.1) is 34.5 Å². The van der Waals surface area contributed by atoms with Gasteiger partial charge in [-0.1, -0.05) is 19.0 Å². The SMILES string of the molecule is CON=C1CC2C(CCC3(C)C2CC(F)C32OCCO2)C2(C)CCC(=O)CC12. The van der Waals surface area contributed by atoms with Crippen LogP contribution in [0.5, 0.6) is 0 Å². The molecule has 5 nitrogen and oxygen atoms in total. The van der Waals surface area contributed by atoms with E-state index in [1.54, 1.807) is 7.11 Å². The van der Waals surface area contributed by atoms with Gasteiger partial charge >= 0.3 is 0 Å². The third-order valence-electron chi connectivity index (χ3n) is 9.29. The van der Waals surface area contributed by atoms with Crippen molar-refractivity contribution >= 4 is 11.5 Å². The Kier molecular flexibility index (Phi) is 4.23. The number of oxime groups is 1. The van der Waals surface area contributed by atoms with Crippen LogP contribution in [0.3, 0.4) is 0 Å². The Morgan fingerprint density at radius 3 is 2.61 bits per heavy atom. The summed E-state index contributed by atoms with van der Waals surface area (Å²) in [6.45, 7) is 5.49. The summed E-state index contributed by atoms with van der Waals surface area (Å²) in [5.41, 5.74) is 0.734. The minimum atomic E-state index is -1.08. The maximum atomic E-state index is 15.4. The molecule has 5 aliphatic rings. The fourth-order valence-corrected chi connectivity index (χ4v) is 7.94. The number of fused-ring (bicyclic) bond motifs is 6. The minimum Gasteiger partial charge on any atom is -0.399 e. The molecule has 4 aliphatic carbocycles. The van der Waals surface area contributed by atoms with Gasteiger partial charge in [0.15, 0.2) is 6.17 Å². The maximum absolute atomic E-state index is 15.4. The summed E-state index contributed by atoms with van der Waals surface area (Å²) < 4.78 is 27.3. The van der Waals surface area contributed by atoms with Crippen molar-refractivity contribution < 1.29 is 23.5 Å². The molecular formula is C22H32FNO4. The molecule has 0 bridgehead atoms. The van der Waals surface area contributed by atoms with Crippen molar-refractivity contribution in [2.24, 2.45) is 39.7 Å². The highest BCUT2D eigenvalue weighted by atomic mass is 19.1. The van der Waals surface area contributed by atoms with E-state index in [2.05, 4.69) is 19.0 Å². The normalized spacial score (nSPS) is 51.1. The second kappa shape index (κ2) is 6.24. The van der Waals surface area contributed by atoms with E-state index in [1.165, 1.54) is 0 Å². The number of hydrogen-bond donors (Lipinski definition) is 0. The zero-order valence-corrected chi connectivity index (χ0v) is 17.2. The average Bonchev–Trinajstić information content (AvgIpc) is 3.24.